The van der Waals surface area contributed by atoms with Crippen molar-refractivity contribution < 1.29 is 4.79 Å². The standard InChI is InChI=1S/C23H26O/c1-4-12-20(13-5-2)23(18-19(3)24,21-14-8-6-9-15-21)22-16-10-7-11-17-22/h4-6,8-10,12-17H,1,7,11,18H2,2-3H3/b13-5-,20-12+. The third-order valence-electron chi connectivity index (χ3n) is 4.40. The van der Waals surface area contributed by atoms with E-state index < -0.39 is 5.41 Å². The summed E-state index contributed by atoms with van der Waals surface area (Å²) in [6, 6.07) is 10.3. The Morgan fingerprint density at radius 3 is 2.54 bits per heavy atom. The Labute approximate surface area is 145 Å². The largest absolute Gasteiger partial charge is 0.300 e. The number of hydrogen-bond donors (Lipinski definition) is 0. The molecular formula is C23H26O. The first-order chi connectivity index (χ1) is 11.6. The molecule has 1 aliphatic carbocycles. The molecule has 0 heterocycles. The smallest absolute Gasteiger partial charge is 0.131 e. The van der Waals surface area contributed by atoms with Gasteiger partial charge < -0.3 is 0 Å². The quantitative estimate of drug-likeness (QED) is 0.575. The lowest BCUT2D eigenvalue weighted by Crippen LogP contribution is -2.33. The monoisotopic (exact) mass is 318 g/mol. The number of carbonyl (C=O) groups excluding carboxylic acids is 1. The van der Waals surface area contributed by atoms with Crippen LogP contribution in [-0.2, 0) is 10.2 Å². The lowest BCUT2D eigenvalue weighted by atomic mass is 9.64. The van der Waals surface area contributed by atoms with Crippen molar-refractivity contribution in [3.05, 3.63) is 96.2 Å². The topological polar surface area (TPSA) is 17.1 Å². The molecule has 0 fully saturated rings. The molecule has 2 rings (SSSR count). The number of Topliss-reactive ketones (excluding diaryl/α,β-unsaturated/α-hetero) is 1. The highest BCUT2D eigenvalue weighted by molar-refractivity contribution is 5.80. The van der Waals surface area contributed by atoms with Crippen molar-refractivity contribution >= 4 is 5.78 Å². The van der Waals surface area contributed by atoms with E-state index in [0.717, 1.165) is 24.0 Å². The number of carbonyl (C=O) groups is 1. The summed E-state index contributed by atoms with van der Waals surface area (Å²) in [7, 11) is 0. The highest BCUT2D eigenvalue weighted by atomic mass is 16.1. The Kier molecular flexibility index (Phi) is 6.31. The van der Waals surface area contributed by atoms with E-state index in [0.29, 0.717) is 6.42 Å². The van der Waals surface area contributed by atoms with Gasteiger partial charge in [0, 0.05) is 6.42 Å². The van der Waals surface area contributed by atoms with Crippen LogP contribution in [0, 0.1) is 0 Å². The van der Waals surface area contributed by atoms with Crippen LogP contribution in [0.25, 0.3) is 0 Å². The minimum absolute atomic E-state index is 0.179. The molecule has 1 unspecified atom stereocenters. The first kappa shape index (κ1) is 17.9. The zero-order chi connectivity index (χ0) is 17.4. The van der Waals surface area contributed by atoms with Crippen molar-refractivity contribution in [3.8, 4) is 0 Å². The average Bonchev–Trinajstić information content (AvgIpc) is 2.61. The fourth-order valence-corrected chi connectivity index (χ4v) is 3.48. The van der Waals surface area contributed by atoms with E-state index in [2.05, 4.69) is 43.0 Å². The molecule has 24 heavy (non-hydrogen) atoms. The van der Waals surface area contributed by atoms with Gasteiger partial charge in [-0.3, -0.25) is 4.79 Å². The average molecular weight is 318 g/mol. The van der Waals surface area contributed by atoms with E-state index in [1.165, 1.54) is 5.57 Å². The SMILES string of the molecule is C=C/C=C(\C=C/C)C(CC(C)=O)(C1=CCCC=C1)c1ccccc1. The van der Waals surface area contributed by atoms with Gasteiger partial charge in [0.25, 0.3) is 0 Å². The van der Waals surface area contributed by atoms with Gasteiger partial charge >= 0.3 is 0 Å². The predicted molar refractivity (Wildman–Crippen MR) is 103 cm³/mol. The summed E-state index contributed by atoms with van der Waals surface area (Å²) < 4.78 is 0. The Balaban J connectivity index is 2.79. The number of benzene rings is 1. The summed E-state index contributed by atoms with van der Waals surface area (Å²) in [5, 5.41) is 0. The van der Waals surface area contributed by atoms with Crippen LogP contribution in [0.3, 0.4) is 0 Å². The van der Waals surface area contributed by atoms with Crippen molar-refractivity contribution in [3.63, 3.8) is 0 Å². The van der Waals surface area contributed by atoms with Crippen molar-refractivity contribution in [1.82, 2.24) is 0 Å². The molecule has 0 aromatic heterocycles. The van der Waals surface area contributed by atoms with Gasteiger partial charge in [-0.1, -0.05) is 79.4 Å². The Morgan fingerprint density at radius 1 is 1.25 bits per heavy atom. The van der Waals surface area contributed by atoms with Gasteiger partial charge in [0.15, 0.2) is 0 Å². The van der Waals surface area contributed by atoms with Gasteiger partial charge in [0.05, 0.1) is 5.41 Å². The summed E-state index contributed by atoms with van der Waals surface area (Å²) >= 11 is 0. The number of ketones is 1. The van der Waals surface area contributed by atoms with E-state index >= 15 is 0 Å². The summed E-state index contributed by atoms with van der Waals surface area (Å²) in [5.74, 6) is 0.179. The van der Waals surface area contributed by atoms with Gasteiger partial charge in [-0.15, -0.1) is 0 Å². The summed E-state index contributed by atoms with van der Waals surface area (Å²) in [6.07, 6.45) is 17.1. The van der Waals surface area contributed by atoms with E-state index in [1.807, 2.05) is 37.3 Å². The molecule has 0 amide bonds. The van der Waals surface area contributed by atoms with Crippen LogP contribution in [0.5, 0.6) is 0 Å². The molecule has 0 saturated heterocycles. The Bertz CT molecular complexity index is 701. The van der Waals surface area contributed by atoms with Crippen LogP contribution >= 0.6 is 0 Å². The summed E-state index contributed by atoms with van der Waals surface area (Å²) in [6.45, 7) is 7.56. The van der Waals surface area contributed by atoms with Crippen LogP contribution in [-0.4, -0.2) is 5.78 Å². The molecule has 0 bridgehead atoms. The second-order valence-corrected chi connectivity index (χ2v) is 6.15. The van der Waals surface area contributed by atoms with Crippen LogP contribution in [0.4, 0.5) is 0 Å². The molecule has 1 aliphatic rings. The molecule has 1 atom stereocenters. The van der Waals surface area contributed by atoms with Gasteiger partial charge in [-0.05, 0) is 43.4 Å². The van der Waals surface area contributed by atoms with Crippen molar-refractivity contribution in [2.45, 2.75) is 38.5 Å². The molecule has 0 radical (unpaired) electrons. The molecule has 124 valence electrons. The molecule has 1 aromatic carbocycles. The maximum absolute atomic E-state index is 12.3. The van der Waals surface area contributed by atoms with Crippen molar-refractivity contribution in [1.29, 1.82) is 0 Å². The Hall–Kier alpha value is -2.41. The maximum Gasteiger partial charge on any atom is 0.131 e. The highest BCUT2D eigenvalue weighted by Crippen LogP contribution is 2.45. The van der Waals surface area contributed by atoms with Crippen LogP contribution in [0.2, 0.25) is 0 Å². The minimum Gasteiger partial charge on any atom is -0.300 e. The maximum atomic E-state index is 12.3. The van der Waals surface area contributed by atoms with E-state index in [1.54, 1.807) is 13.0 Å². The molecule has 1 heteroatoms. The molecular weight excluding hydrogens is 292 g/mol. The predicted octanol–water partition coefficient (Wildman–Crippen LogP) is 5.87. The second-order valence-electron chi connectivity index (χ2n) is 6.15. The molecule has 0 N–H and O–H groups in total. The highest BCUT2D eigenvalue weighted by Gasteiger charge is 2.39. The minimum atomic E-state index is -0.468. The van der Waals surface area contributed by atoms with Crippen LogP contribution < -0.4 is 0 Å². The van der Waals surface area contributed by atoms with Crippen LogP contribution in [0.1, 0.15) is 38.7 Å². The fourth-order valence-electron chi connectivity index (χ4n) is 3.48. The first-order valence-electron chi connectivity index (χ1n) is 8.53. The first-order valence-corrected chi connectivity index (χ1v) is 8.53. The third-order valence-corrected chi connectivity index (χ3v) is 4.40. The molecule has 0 aliphatic heterocycles. The van der Waals surface area contributed by atoms with Crippen molar-refractivity contribution in [2.75, 3.05) is 0 Å². The number of hydrogen-bond acceptors (Lipinski definition) is 1. The summed E-state index contributed by atoms with van der Waals surface area (Å²) in [4.78, 5) is 12.3. The lowest BCUT2D eigenvalue weighted by molar-refractivity contribution is -0.117. The Morgan fingerprint density at radius 2 is 2.00 bits per heavy atom. The van der Waals surface area contributed by atoms with Crippen molar-refractivity contribution in [2.24, 2.45) is 0 Å². The van der Waals surface area contributed by atoms with Gasteiger partial charge in [0.2, 0.25) is 0 Å². The van der Waals surface area contributed by atoms with Gasteiger partial charge in [-0.2, -0.15) is 0 Å². The zero-order valence-corrected chi connectivity index (χ0v) is 14.7. The number of allylic oxidation sites excluding steroid dienone is 9. The normalized spacial score (nSPS) is 17.4. The van der Waals surface area contributed by atoms with Gasteiger partial charge in [0.1, 0.15) is 5.78 Å². The molecule has 1 nitrogen and oxygen atoms in total. The number of rotatable bonds is 7. The second kappa shape index (κ2) is 8.44. The zero-order valence-electron chi connectivity index (χ0n) is 14.7. The van der Waals surface area contributed by atoms with E-state index in [9.17, 15) is 4.79 Å². The van der Waals surface area contributed by atoms with Gasteiger partial charge in [-0.25, -0.2) is 0 Å². The van der Waals surface area contributed by atoms with Crippen LogP contribution in [0.15, 0.2) is 90.6 Å². The fraction of sp³-hybridized carbons (Fsp3) is 0.261. The lowest BCUT2D eigenvalue weighted by Gasteiger charge is -2.38. The molecule has 0 saturated carbocycles. The third kappa shape index (κ3) is 3.73. The molecule has 1 aromatic rings. The van der Waals surface area contributed by atoms with E-state index in [-0.39, 0.29) is 5.78 Å². The summed E-state index contributed by atoms with van der Waals surface area (Å²) in [5.41, 5.74) is 2.97. The van der Waals surface area contributed by atoms with E-state index in [4.69, 9.17) is 0 Å². The molecule has 0 spiro atoms.